The van der Waals surface area contributed by atoms with Crippen molar-refractivity contribution in [3.8, 4) is 0 Å². The Hall–Kier alpha value is -0.0800. The molecule has 2 heteroatoms. The van der Waals surface area contributed by atoms with Gasteiger partial charge in [-0.2, -0.15) is 0 Å². The molecule has 1 N–H and O–H groups in total. The van der Waals surface area contributed by atoms with Gasteiger partial charge in [-0.05, 0) is 32.7 Å². The molecule has 2 nitrogen and oxygen atoms in total. The van der Waals surface area contributed by atoms with E-state index >= 15 is 0 Å². The van der Waals surface area contributed by atoms with Gasteiger partial charge in [-0.15, -0.1) is 0 Å². The lowest BCUT2D eigenvalue weighted by molar-refractivity contribution is 0.0213. The van der Waals surface area contributed by atoms with Crippen LogP contribution in [0.15, 0.2) is 0 Å². The summed E-state index contributed by atoms with van der Waals surface area (Å²) in [5.74, 6) is 0.724. The third-order valence-electron chi connectivity index (χ3n) is 2.49. The first-order valence-electron chi connectivity index (χ1n) is 4.89. The van der Waals surface area contributed by atoms with Crippen molar-refractivity contribution in [1.29, 1.82) is 0 Å². The van der Waals surface area contributed by atoms with Crippen LogP contribution in [0.5, 0.6) is 0 Å². The third-order valence-corrected chi connectivity index (χ3v) is 2.49. The van der Waals surface area contributed by atoms with Crippen LogP contribution >= 0.6 is 0 Å². The molecule has 12 heavy (non-hydrogen) atoms. The summed E-state index contributed by atoms with van der Waals surface area (Å²) in [7, 11) is 0. The normalized spacial score (nSPS) is 28.2. The maximum atomic E-state index is 5.62. The molecular formula is C10H21NO. The molecule has 1 fully saturated rings. The fourth-order valence-corrected chi connectivity index (χ4v) is 1.61. The monoisotopic (exact) mass is 171 g/mol. The van der Waals surface area contributed by atoms with E-state index in [1.807, 2.05) is 0 Å². The second kappa shape index (κ2) is 3.75. The quantitative estimate of drug-likeness (QED) is 0.699. The molecule has 1 heterocycles. The average Bonchev–Trinajstić information content (AvgIpc) is 2.25. The van der Waals surface area contributed by atoms with Crippen LogP contribution < -0.4 is 5.32 Å². The number of ether oxygens (including phenoxy) is 1. The van der Waals surface area contributed by atoms with Gasteiger partial charge in [-0.1, -0.05) is 13.8 Å². The summed E-state index contributed by atoms with van der Waals surface area (Å²) >= 11 is 0. The van der Waals surface area contributed by atoms with Crippen molar-refractivity contribution < 1.29 is 4.74 Å². The Labute approximate surface area is 75.7 Å². The van der Waals surface area contributed by atoms with Gasteiger partial charge in [0.25, 0.3) is 0 Å². The molecule has 1 rings (SSSR count). The van der Waals surface area contributed by atoms with E-state index in [1.54, 1.807) is 0 Å². The Bertz CT molecular complexity index is 143. The van der Waals surface area contributed by atoms with Gasteiger partial charge in [-0.25, -0.2) is 0 Å². The Balaban J connectivity index is 2.32. The van der Waals surface area contributed by atoms with Gasteiger partial charge in [0.15, 0.2) is 0 Å². The number of nitrogens with one attached hydrogen (secondary N) is 1. The van der Waals surface area contributed by atoms with Gasteiger partial charge in [0.2, 0.25) is 0 Å². The van der Waals surface area contributed by atoms with Crippen LogP contribution in [0.25, 0.3) is 0 Å². The predicted molar refractivity (Wildman–Crippen MR) is 51.3 cm³/mol. The summed E-state index contributed by atoms with van der Waals surface area (Å²) in [6.45, 7) is 10.8. The highest BCUT2D eigenvalue weighted by atomic mass is 16.5. The van der Waals surface area contributed by atoms with Crippen LogP contribution in [0.3, 0.4) is 0 Å². The predicted octanol–water partition coefficient (Wildman–Crippen LogP) is 1.80. The van der Waals surface area contributed by atoms with E-state index in [0.717, 1.165) is 25.5 Å². The van der Waals surface area contributed by atoms with E-state index in [4.69, 9.17) is 4.74 Å². The summed E-state index contributed by atoms with van der Waals surface area (Å²) in [6, 6.07) is 0.542. The number of rotatable bonds is 3. The molecule has 0 aromatic heterocycles. The first-order valence-corrected chi connectivity index (χ1v) is 4.89. The van der Waals surface area contributed by atoms with E-state index in [2.05, 4.69) is 33.0 Å². The third kappa shape index (κ3) is 2.46. The summed E-state index contributed by atoms with van der Waals surface area (Å²) < 4.78 is 5.62. The van der Waals surface area contributed by atoms with Crippen LogP contribution in [0.4, 0.5) is 0 Å². The van der Waals surface area contributed by atoms with Crippen molar-refractivity contribution in [2.45, 2.75) is 45.8 Å². The van der Waals surface area contributed by atoms with Crippen LogP contribution in [-0.4, -0.2) is 24.8 Å². The number of hydrogen-bond acceptors (Lipinski definition) is 2. The molecule has 1 aliphatic heterocycles. The maximum Gasteiger partial charge on any atom is 0.0779 e. The molecule has 1 aliphatic rings. The highest BCUT2D eigenvalue weighted by molar-refractivity contribution is 4.90. The molecule has 0 amide bonds. The van der Waals surface area contributed by atoms with E-state index in [0.29, 0.717) is 6.04 Å². The van der Waals surface area contributed by atoms with Crippen molar-refractivity contribution >= 4 is 0 Å². The molecular weight excluding hydrogens is 150 g/mol. The molecule has 1 unspecified atom stereocenters. The zero-order valence-electron chi connectivity index (χ0n) is 8.68. The molecule has 72 valence electrons. The lowest BCUT2D eigenvalue weighted by Gasteiger charge is -2.27. The molecule has 0 aliphatic carbocycles. The van der Waals surface area contributed by atoms with E-state index in [1.165, 1.54) is 0 Å². The number of hydrogen-bond donors (Lipinski definition) is 1. The Morgan fingerprint density at radius 3 is 2.58 bits per heavy atom. The standard InChI is InChI=1S/C10H21NO/c1-8(2)7-11-9-5-6-12-10(9,3)4/h8-9,11H,5-7H2,1-4H3. The lowest BCUT2D eigenvalue weighted by Crippen LogP contribution is -2.44. The van der Waals surface area contributed by atoms with Gasteiger partial charge < -0.3 is 10.1 Å². The summed E-state index contributed by atoms with van der Waals surface area (Å²) in [4.78, 5) is 0. The molecule has 0 aromatic rings. The highest BCUT2D eigenvalue weighted by Crippen LogP contribution is 2.24. The summed E-state index contributed by atoms with van der Waals surface area (Å²) in [5.41, 5.74) is 0.0366. The van der Waals surface area contributed by atoms with E-state index < -0.39 is 0 Å². The fraction of sp³-hybridized carbons (Fsp3) is 1.00. The van der Waals surface area contributed by atoms with Crippen LogP contribution in [0.1, 0.15) is 34.1 Å². The van der Waals surface area contributed by atoms with Crippen molar-refractivity contribution in [2.75, 3.05) is 13.2 Å². The second-order valence-electron chi connectivity index (χ2n) is 4.60. The van der Waals surface area contributed by atoms with Crippen LogP contribution in [-0.2, 0) is 4.74 Å². The maximum absolute atomic E-state index is 5.62. The molecule has 0 spiro atoms. The Morgan fingerprint density at radius 1 is 1.50 bits per heavy atom. The van der Waals surface area contributed by atoms with Crippen molar-refractivity contribution in [3.63, 3.8) is 0 Å². The first-order chi connectivity index (χ1) is 5.52. The Kier molecular flexibility index (Phi) is 3.13. The van der Waals surface area contributed by atoms with Gasteiger partial charge >= 0.3 is 0 Å². The van der Waals surface area contributed by atoms with E-state index in [-0.39, 0.29) is 5.60 Å². The molecule has 0 aromatic carbocycles. The zero-order chi connectivity index (χ0) is 9.19. The minimum atomic E-state index is 0.0366. The molecule has 1 atom stereocenters. The van der Waals surface area contributed by atoms with Gasteiger partial charge in [-0.3, -0.25) is 0 Å². The van der Waals surface area contributed by atoms with Crippen LogP contribution in [0, 0.1) is 5.92 Å². The molecule has 0 bridgehead atoms. The van der Waals surface area contributed by atoms with Gasteiger partial charge in [0.05, 0.1) is 5.60 Å². The minimum Gasteiger partial charge on any atom is -0.374 e. The second-order valence-corrected chi connectivity index (χ2v) is 4.60. The topological polar surface area (TPSA) is 21.3 Å². The lowest BCUT2D eigenvalue weighted by atomic mass is 9.98. The summed E-state index contributed by atoms with van der Waals surface area (Å²) in [5, 5.41) is 3.55. The Morgan fingerprint density at radius 2 is 2.17 bits per heavy atom. The smallest absolute Gasteiger partial charge is 0.0779 e. The van der Waals surface area contributed by atoms with Crippen molar-refractivity contribution in [3.05, 3.63) is 0 Å². The first kappa shape index (κ1) is 10.0. The molecule has 0 radical (unpaired) electrons. The van der Waals surface area contributed by atoms with Gasteiger partial charge in [0.1, 0.15) is 0 Å². The SMILES string of the molecule is CC(C)CNC1CCOC1(C)C. The van der Waals surface area contributed by atoms with Crippen molar-refractivity contribution in [1.82, 2.24) is 5.32 Å². The van der Waals surface area contributed by atoms with Gasteiger partial charge in [0, 0.05) is 12.6 Å². The summed E-state index contributed by atoms with van der Waals surface area (Å²) in [6.07, 6.45) is 1.15. The average molecular weight is 171 g/mol. The minimum absolute atomic E-state index is 0.0366. The van der Waals surface area contributed by atoms with E-state index in [9.17, 15) is 0 Å². The fourth-order valence-electron chi connectivity index (χ4n) is 1.61. The largest absolute Gasteiger partial charge is 0.374 e. The molecule has 0 saturated carbocycles. The van der Waals surface area contributed by atoms with Crippen molar-refractivity contribution in [2.24, 2.45) is 5.92 Å². The highest BCUT2D eigenvalue weighted by Gasteiger charge is 2.35. The van der Waals surface area contributed by atoms with Crippen LogP contribution in [0.2, 0.25) is 0 Å². The zero-order valence-corrected chi connectivity index (χ0v) is 8.68. The molecule has 1 saturated heterocycles.